The highest BCUT2D eigenvalue weighted by molar-refractivity contribution is 5.85. The van der Waals surface area contributed by atoms with Crippen molar-refractivity contribution in [3.05, 3.63) is 35.9 Å². The van der Waals surface area contributed by atoms with Crippen LogP contribution in [0.3, 0.4) is 0 Å². The number of benzene rings is 1. The molecule has 5 nitrogen and oxygen atoms in total. The Morgan fingerprint density at radius 1 is 1.26 bits per heavy atom. The van der Waals surface area contributed by atoms with Gasteiger partial charge in [-0.3, -0.25) is 4.79 Å². The number of hydrogen-bond acceptors (Lipinski definition) is 4. The van der Waals surface area contributed by atoms with E-state index in [1.807, 2.05) is 18.2 Å². The van der Waals surface area contributed by atoms with Crippen molar-refractivity contribution >= 4 is 24.3 Å². The molecule has 6 heteroatoms. The molecule has 0 saturated carbocycles. The number of methoxy groups -OCH3 is 1. The van der Waals surface area contributed by atoms with E-state index in [4.69, 9.17) is 4.74 Å². The van der Waals surface area contributed by atoms with Gasteiger partial charge in [0.2, 0.25) is 5.91 Å². The highest BCUT2D eigenvalue weighted by Crippen LogP contribution is 2.14. The fourth-order valence-electron chi connectivity index (χ4n) is 1.51. The zero-order chi connectivity index (χ0) is 13.4. The summed E-state index contributed by atoms with van der Waals surface area (Å²) in [5.41, 5.74) is 0.710. The maximum Gasteiger partial charge on any atom is 0.333 e. The van der Waals surface area contributed by atoms with Gasteiger partial charge in [-0.05, 0) is 12.6 Å². The highest BCUT2D eigenvalue weighted by atomic mass is 35.5. The summed E-state index contributed by atoms with van der Waals surface area (Å²) in [6, 6.07) is 8.27. The maximum atomic E-state index is 11.7. The SMILES string of the molecule is CNCCC(=O)NC(C(=O)OC)c1ccccc1.Cl. The summed E-state index contributed by atoms with van der Waals surface area (Å²) in [6.45, 7) is 0.564. The van der Waals surface area contributed by atoms with E-state index in [9.17, 15) is 9.59 Å². The Hall–Kier alpha value is -1.59. The number of carbonyl (C=O) groups is 2. The predicted octanol–water partition coefficient (Wildman–Crippen LogP) is 1.05. The molecule has 1 rings (SSSR count). The standard InChI is InChI=1S/C13H18N2O3.ClH/c1-14-9-8-11(16)15-12(13(17)18-2)10-6-4-3-5-7-10;/h3-7,12,14H,8-9H2,1-2H3,(H,15,16);1H. The summed E-state index contributed by atoms with van der Waals surface area (Å²) in [6.07, 6.45) is 0.316. The summed E-state index contributed by atoms with van der Waals surface area (Å²) < 4.78 is 4.70. The van der Waals surface area contributed by atoms with Crippen molar-refractivity contribution in [2.75, 3.05) is 20.7 Å². The lowest BCUT2D eigenvalue weighted by molar-refractivity contribution is -0.145. The number of amides is 1. The Morgan fingerprint density at radius 3 is 2.42 bits per heavy atom. The van der Waals surface area contributed by atoms with Crippen LogP contribution in [0.5, 0.6) is 0 Å². The third-order valence-corrected chi connectivity index (χ3v) is 2.48. The maximum absolute atomic E-state index is 11.7. The molecule has 0 spiro atoms. The van der Waals surface area contributed by atoms with Crippen LogP contribution in [0.25, 0.3) is 0 Å². The molecule has 0 bridgehead atoms. The van der Waals surface area contributed by atoms with Crippen molar-refractivity contribution in [1.82, 2.24) is 10.6 Å². The van der Waals surface area contributed by atoms with Crippen molar-refractivity contribution in [2.24, 2.45) is 0 Å². The van der Waals surface area contributed by atoms with E-state index in [1.54, 1.807) is 19.2 Å². The molecule has 0 heterocycles. The first kappa shape index (κ1) is 17.4. The van der Waals surface area contributed by atoms with Crippen LogP contribution in [0.2, 0.25) is 0 Å². The topological polar surface area (TPSA) is 67.4 Å². The molecule has 0 fully saturated rings. The van der Waals surface area contributed by atoms with Gasteiger partial charge < -0.3 is 15.4 Å². The van der Waals surface area contributed by atoms with Crippen molar-refractivity contribution in [3.8, 4) is 0 Å². The van der Waals surface area contributed by atoms with Crippen LogP contribution in [0.15, 0.2) is 30.3 Å². The average molecular weight is 287 g/mol. The van der Waals surface area contributed by atoms with E-state index >= 15 is 0 Å². The Labute approximate surface area is 119 Å². The monoisotopic (exact) mass is 286 g/mol. The number of ether oxygens (including phenoxy) is 1. The summed E-state index contributed by atoms with van der Waals surface area (Å²) in [4.78, 5) is 23.3. The minimum Gasteiger partial charge on any atom is -0.467 e. The van der Waals surface area contributed by atoms with Crippen LogP contribution in [0, 0.1) is 0 Å². The Morgan fingerprint density at radius 2 is 1.89 bits per heavy atom. The van der Waals surface area contributed by atoms with Crippen molar-refractivity contribution < 1.29 is 14.3 Å². The first-order chi connectivity index (χ1) is 8.69. The molecular weight excluding hydrogens is 268 g/mol. The fraction of sp³-hybridized carbons (Fsp3) is 0.385. The minimum atomic E-state index is -0.749. The second-order valence-corrected chi connectivity index (χ2v) is 3.79. The first-order valence-electron chi connectivity index (χ1n) is 5.75. The second-order valence-electron chi connectivity index (χ2n) is 3.79. The van der Waals surface area contributed by atoms with Crippen LogP contribution >= 0.6 is 12.4 Å². The Kier molecular flexibility index (Phi) is 8.57. The van der Waals surface area contributed by atoms with Gasteiger partial charge in [-0.25, -0.2) is 4.79 Å². The van der Waals surface area contributed by atoms with Gasteiger partial charge in [0.05, 0.1) is 7.11 Å². The average Bonchev–Trinajstić information content (AvgIpc) is 2.42. The lowest BCUT2D eigenvalue weighted by Crippen LogP contribution is -2.35. The van der Waals surface area contributed by atoms with Crippen molar-refractivity contribution in [2.45, 2.75) is 12.5 Å². The molecule has 1 amide bonds. The molecule has 0 radical (unpaired) electrons. The minimum absolute atomic E-state index is 0. The molecule has 1 aromatic rings. The molecule has 0 aliphatic heterocycles. The van der Waals surface area contributed by atoms with Crippen molar-refractivity contribution in [3.63, 3.8) is 0 Å². The lowest BCUT2D eigenvalue weighted by Gasteiger charge is -2.16. The van der Waals surface area contributed by atoms with Crippen LogP contribution < -0.4 is 10.6 Å². The number of hydrogen-bond donors (Lipinski definition) is 2. The van der Waals surface area contributed by atoms with Crippen LogP contribution in [0.4, 0.5) is 0 Å². The largest absolute Gasteiger partial charge is 0.467 e. The molecular formula is C13H19ClN2O3. The smallest absolute Gasteiger partial charge is 0.333 e. The van der Waals surface area contributed by atoms with E-state index in [2.05, 4.69) is 10.6 Å². The first-order valence-corrected chi connectivity index (χ1v) is 5.75. The lowest BCUT2D eigenvalue weighted by atomic mass is 10.1. The number of rotatable bonds is 6. The van der Waals surface area contributed by atoms with E-state index in [1.165, 1.54) is 7.11 Å². The molecule has 1 atom stereocenters. The summed E-state index contributed by atoms with van der Waals surface area (Å²) in [5.74, 6) is -0.664. The molecule has 0 aliphatic rings. The molecule has 1 aromatic carbocycles. The van der Waals surface area contributed by atoms with E-state index in [-0.39, 0.29) is 18.3 Å². The van der Waals surface area contributed by atoms with Gasteiger partial charge in [-0.2, -0.15) is 0 Å². The van der Waals surface area contributed by atoms with Gasteiger partial charge in [0, 0.05) is 13.0 Å². The normalized spacial score (nSPS) is 11.1. The van der Waals surface area contributed by atoms with Crippen LogP contribution in [-0.2, 0) is 14.3 Å². The summed E-state index contributed by atoms with van der Waals surface area (Å²) in [7, 11) is 3.07. The quantitative estimate of drug-likeness (QED) is 0.767. The molecule has 0 saturated heterocycles. The Bertz CT molecular complexity index is 398. The zero-order valence-corrected chi connectivity index (χ0v) is 11.8. The zero-order valence-electron chi connectivity index (χ0n) is 11.0. The predicted molar refractivity (Wildman–Crippen MR) is 75.1 cm³/mol. The fourth-order valence-corrected chi connectivity index (χ4v) is 1.51. The van der Waals surface area contributed by atoms with Crippen LogP contribution in [0.1, 0.15) is 18.0 Å². The van der Waals surface area contributed by atoms with Gasteiger partial charge in [-0.15, -0.1) is 12.4 Å². The van der Waals surface area contributed by atoms with E-state index in [0.717, 1.165) is 0 Å². The number of carbonyl (C=O) groups excluding carboxylic acids is 2. The third-order valence-electron chi connectivity index (χ3n) is 2.48. The van der Waals surface area contributed by atoms with Crippen molar-refractivity contribution in [1.29, 1.82) is 0 Å². The molecule has 2 N–H and O–H groups in total. The van der Waals surface area contributed by atoms with Gasteiger partial charge in [0.1, 0.15) is 0 Å². The van der Waals surface area contributed by atoms with E-state index in [0.29, 0.717) is 18.5 Å². The number of halogens is 1. The highest BCUT2D eigenvalue weighted by Gasteiger charge is 2.22. The summed E-state index contributed by atoms with van der Waals surface area (Å²) >= 11 is 0. The third kappa shape index (κ3) is 5.72. The molecule has 1 unspecified atom stereocenters. The number of esters is 1. The Balaban J connectivity index is 0.00000324. The molecule has 19 heavy (non-hydrogen) atoms. The van der Waals surface area contributed by atoms with Gasteiger partial charge in [-0.1, -0.05) is 30.3 Å². The van der Waals surface area contributed by atoms with Gasteiger partial charge in [0.25, 0.3) is 0 Å². The van der Waals surface area contributed by atoms with E-state index < -0.39 is 12.0 Å². The van der Waals surface area contributed by atoms with Gasteiger partial charge >= 0.3 is 5.97 Å². The second kappa shape index (κ2) is 9.35. The molecule has 0 aliphatic carbocycles. The molecule has 106 valence electrons. The van der Waals surface area contributed by atoms with Gasteiger partial charge in [0.15, 0.2) is 6.04 Å². The summed E-state index contributed by atoms with van der Waals surface area (Å²) in [5, 5.41) is 5.54. The number of nitrogens with one attached hydrogen (secondary N) is 2. The molecule has 0 aromatic heterocycles. The van der Waals surface area contributed by atoms with Crippen LogP contribution in [-0.4, -0.2) is 32.6 Å².